The maximum atomic E-state index is 9.14. The number of hydrogen-bond donors (Lipinski definition) is 0. The Morgan fingerprint density at radius 2 is 0.351 bits per heavy atom. The van der Waals surface area contributed by atoms with E-state index in [4.69, 9.17) is 69.3 Å². The van der Waals surface area contributed by atoms with Gasteiger partial charge in [-0.3, -0.25) is 0 Å². The molecule has 0 aromatic heterocycles. The van der Waals surface area contributed by atoms with E-state index < -0.39 is 41.8 Å². The van der Waals surface area contributed by atoms with Crippen LogP contribution in [0.2, 0.25) is 0 Å². The molecule has 0 spiro atoms. The number of rotatable bonds is 7. The molecular weight excluding hydrogens is 683 g/mol. The molecule has 14 nitrogen and oxygen atoms in total. The normalized spacial score (nSPS) is 6.05. The van der Waals surface area contributed by atoms with E-state index in [1.165, 1.54) is 0 Å². The molecule has 0 unspecified atom stereocenters. The van der Waals surface area contributed by atoms with Gasteiger partial charge < -0.3 is 69.3 Å². The third-order valence-corrected chi connectivity index (χ3v) is 1.17. The largest absolute Gasteiger partial charge is 1.00 e. The standard InChI is InChI=1S/7C3H4O2.Na.W/c7*1-2-3(4)5;;/h7*2H,1H2,(H,4,5);;/q;;;;;;;+1;/p-7. The molecule has 0 aromatic rings. The number of carboxylic acid groups (broad SMARTS) is 7. The second-order valence-electron chi connectivity index (χ2n) is 3.66. The summed E-state index contributed by atoms with van der Waals surface area (Å²) in [7, 11) is 0. The molecule has 0 bridgehead atoms. The van der Waals surface area contributed by atoms with Crippen LogP contribution >= 0.6 is 0 Å². The van der Waals surface area contributed by atoms with Gasteiger partial charge in [-0.2, -0.15) is 0 Å². The van der Waals surface area contributed by atoms with Crippen LogP contribution in [0.15, 0.2) is 88.6 Å². The zero-order chi connectivity index (χ0) is 30.0. The van der Waals surface area contributed by atoms with Crippen molar-refractivity contribution in [2.45, 2.75) is 0 Å². The SMILES string of the molecule is C=CC(=O)[O-].C=CC(=O)[O-].C=CC(=O)[O-].C=CC(=O)[O-].C=CC(=O)[O-].C=CC(=O)[O-].C=CC(=O)[O-].[Na+].[W]. The molecule has 0 radical (unpaired) electrons. The van der Waals surface area contributed by atoms with Crippen molar-refractivity contribution < 1.29 is 120 Å². The minimum atomic E-state index is -1.23. The molecule has 0 saturated carbocycles. The summed E-state index contributed by atoms with van der Waals surface area (Å²) in [5.74, 6) is -8.62. The molecule has 0 heterocycles. The van der Waals surface area contributed by atoms with E-state index in [1.807, 2.05) is 0 Å². The van der Waals surface area contributed by atoms with E-state index >= 15 is 0 Å². The van der Waals surface area contributed by atoms with Gasteiger partial charge in [-0.25, -0.2) is 0 Å². The Hall–Kier alpha value is -3.84. The fourth-order valence-electron chi connectivity index (χ4n) is 0. The predicted molar refractivity (Wildman–Crippen MR) is 106 cm³/mol. The maximum Gasteiger partial charge on any atom is 1.00 e. The van der Waals surface area contributed by atoms with Crippen LogP contribution in [-0.2, 0) is 54.6 Å². The minimum Gasteiger partial charge on any atom is -0.545 e. The zero-order valence-corrected chi connectivity index (χ0v) is 24.5. The Labute approximate surface area is 249 Å². The van der Waals surface area contributed by atoms with Crippen molar-refractivity contribution in [3.63, 3.8) is 0 Å². The molecule has 0 rings (SSSR count). The summed E-state index contributed by atoms with van der Waals surface area (Å²) in [6, 6.07) is 0. The second-order valence-corrected chi connectivity index (χ2v) is 3.66. The van der Waals surface area contributed by atoms with Crippen LogP contribution in [0.5, 0.6) is 0 Å². The minimum absolute atomic E-state index is 0. The fraction of sp³-hybridized carbons (Fsp3) is 0. The monoisotopic (exact) mass is 704 g/mol. The van der Waals surface area contributed by atoms with Crippen LogP contribution in [0.3, 0.4) is 0 Å². The summed E-state index contributed by atoms with van der Waals surface area (Å²) in [6.45, 7) is 20.3. The molecule has 0 atom stereocenters. The molecule has 0 saturated heterocycles. The first kappa shape index (κ1) is 58.8. The summed E-state index contributed by atoms with van der Waals surface area (Å²) in [4.78, 5) is 64.0. The van der Waals surface area contributed by atoms with Gasteiger partial charge in [0.25, 0.3) is 0 Å². The van der Waals surface area contributed by atoms with Crippen LogP contribution in [0.1, 0.15) is 0 Å². The molecule has 0 fully saturated rings. The van der Waals surface area contributed by atoms with Crippen molar-refractivity contribution in [3.05, 3.63) is 88.6 Å². The van der Waals surface area contributed by atoms with Crippen molar-refractivity contribution >= 4 is 41.8 Å². The van der Waals surface area contributed by atoms with Gasteiger partial charge in [0.15, 0.2) is 0 Å². The number of carbonyl (C=O) groups excluding carboxylic acids is 7. The van der Waals surface area contributed by atoms with Crippen molar-refractivity contribution in [2.24, 2.45) is 0 Å². The third kappa shape index (κ3) is 283. The van der Waals surface area contributed by atoms with Gasteiger partial charge in [-0.05, 0) is 42.5 Å². The number of carboxylic acids is 7. The molecule has 0 aliphatic carbocycles. The van der Waals surface area contributed by atoms with E-state index in [2.05, 4.69) is 46.1 Å². The summed E-state index contributed by atoms with van der Waals surface area (Å²) in [5, 5.41) is 64.0. The second kappa shape index (κ2) is 53.5. The molecule has 0 aliphatic heterocycles. The molecule has 0 aliphatic rings. The zero-order valence-electron chi connectivity index (χ0n) is 19.6. The smallest absolute Gasteiger partial charge is 0.545 e. The van der Waals surface area contributed by atoms with Gasteiger partial charge >= 0.3 is 29.6 Å². The Kier molecular flexibility index (Phi) is 84.9. The van der Waals surface area contributed by atoms with Crippen LogP contribution in [0.25, 0.3) is 0 Å². The number of hydrogen-bond acceptors (Lipinski definition) is 14. The van der Waals surface area contributed by atoms with Crippen molar-refractivity contribution in [2.75, 3.05) is 0 Å². The molecule has 202 valence electrons. The molecule has 16 heteroatoms. The average Bonchev–Trinajstić information content (AvgIpc) is 2.80. The van der Waals surface area contributed by atoms with Crippen LogP contribution in [0, 0.1) is 0 Å². The summed E-state index contributed by atoms with van der Waals surface area (Å²) in [5.41, 5.74) is 0. The van der Waals surface area contributed by atoms with Gasteiger partial charge in [0.1, 0.15) is 0 Å². The van der Waals surface area contributed by atoms with Crippen LogP contribution in [-0.4, -0.2) is 41.8 Å². The topological polar surface area (TPSA) is 281 Å². The Morgan fingerprint density at radius 1 is 0.324 bits per heavy atom. The summed E-state index contributed by atoms with van der Waals surface area (Å²) < 4.78 is 0. The third-order valence-electron chi connectivity index (χ3n) is 1.17. The van der Waals surface area contributed by atoms with Crippen LogP contribution in [0.4, 0.5) is 0 Å². The molecule has 37 heavy (non-hydrogen) atoms. The quantitative estimate of drug-likeness (QED) is 0.176. The van der Waals surface area contributed by atoms with E-state index in [0.717, 1.165) is 42.5 Å². The van der Waals surface area contributed by atoms with Gasteiger partial charge in [0.05, 0.1) is 41.8 Å². The Morgan fingerprint density at radius 3 is 0.351 bits per heavy atom. The summed E-state index contributed by atoms with van der Waals surface area (Å²) in [6.07, 6.45) is 5.06. The molecular formula is C21H21NaO14W-6. The Balaban J connectivity index is -0.0000000350. The first-order chi connectivity index (χ1) is 15.9. The van der Waals surface area contributed by atoms with E-state index in [9.17, 15) is 0 Å². The molecule has 0 amide bonds. The first-order valence-corrected chi connectivity index (χ1v) is 7.74. The maximum absolute atomic E-state index is 9.14. The van der Waals surface area contributed by atoms with Gasteiger partial charge in [-0.15, -0.1) is 0 Å². The molecule has 0 N–H and O–H groups in total. The molecule has 0 aromatic carbocycles. The van der Waals surface area contributed by atoms with E-state index in [-0.39, 0.29) is 50.6 Å². The average molecular weight is 704 g/mol. The van der Waals surface area contributed by atoms with Gasteiger partial charge in [0, 0.05) is 21.1 Å². The van der Waals surface area contributed by atoms with Gasteiger partial charge in [0.2, 0.25) is 0 Å². The first-order valence-electron chi connectivity index (χ1n) is 7.74. The van der Waals surface area contributed by atoms with Crippen molar-refractivity contribution in [1.29, 1.82) is 0 Å². The fourth-order valence-corrected chi connectivity index (χ4v) is 0. The number of carbonyl (C=O) groups is 7. The van der Waals surface area contributed by atoms with E-state index in [1.54, 1.807) is 0 Å². The number of aliphatic carboxylic acids is 7. The summed E-state index contributed by atoms with van der Waals surface area (Å²) >= 11 is 0. The predicted octanol–water partition coefficient (Wildman–Crippen LogP) is -10.5. The van der Waals surface area contributed by atoms with E-state index in [0.29, 0.717) is 0 Å². The Bertz CT molecular complexity index is 581. The van der Waals surface area contributed by atoms with Gasteiger partial charge in [-0.1, -0.05) is 46.1 Å². The van der Waals surface area contributed by atoms with Crippen molar-refractivity contribution in [3.8, 4) is 0 Å². The van der Waals surface area contributed by atoms with Crippen molar-refractivity contribution in [1.82, 2.24) is 0 Å². The van der Waals surface area contributed by atoms with Crippen LogP contribution < -0.4 is 65.3 Å².